The Balaban J connectivity index is 1.85. The van der Waals surface area contributed by atoms with E-state index in [-0.39, 0.29) is 10.9 Å². The number of hydrogen-bond donors (Lipinski definition) is 0. The van der Waals surface area contributed by atoms with Crippen LogP contribution < -0.4 is 0 Å². The van der Waals surface area contributed by atoms with Gasteiger partial charge in [0.15, 0.2) is 6.29 Å². The molecular weight excluding hydrogens is 334 g/mol. The summed E-state index contributed by atoms with van der Waals surface area (Å²) in [5, 5.41) is 0. The van der Waals surface area contributed by atoms with Gasteiger partial charge in [0.25, 0.3) is 0 Å². The van der Waals surface area contributed by atoms with E-state index in [0.717, 1.165) is 12.8 Å². The van der Waals surface area contributed by atoms with Crippen LogP contribution in [0.1, 0.15) is 29.6 Å². The second-order valence-corrected chi connectivity index (χ2v) is 7.70. The monoisotopic (exact) mass is 355 g/mol. The van der Waals surface area contributed by atoms with Gasteiger partial charge in [-0.1, -0.05) is 6.42 Å². The average molecular weight is 355 g/mol. The zero-order chi connectivity index (χ0) is 17.2. The second-order valence-electron chi connectivity index (χ2n) is 5.80. The van der Waals surface area contributed by atoms with Gasteiger partial charge >= 0.3 is 5.97 Å². The number of nitrogens with zero attached hydrogens (tertiary/aromatic N) is 1. The molecule has 1 aromatic carbocycles. The van der Waals surface area contributed by atoms with Crippen LogP contribution in [0, 0.1) is 0 Å². The highest BCUT2D eigenvalue weighted by Gasteiger charge is 2.40. The van der Waals surface area contributed by atoms with Crippen molar-refractivity contribution in [1.29, 1.82) is 0 Å². The molecule has 24 heavy (non-hydrogen) atoms. The summed E-state index contributed by atoms with van der Waals surface area (Å²) in [6.45, 7) is 1.42. The number of hydrogen-bond acceptors (Lipinski definition) is 6. The van der Waals surface area contributed by atoms with Gasteiger partial charge < -0.3 is 14.2 Å². The highest BCUT2D eigenvalue weighted by molar-refractivity contribution is 7.89. The van der Waals surface area contributed by atoms with Crippen molar-refractivity contribution in [2.24, 2.45) is 0 Å². The first kappa shape index (κ1) is 17.3. The lowest BCUT2D eigenvalue weighted by Crippen LogP contribution is -2.50. The molecule has 2 saturated heterocycles. The van der Waals surface area contributed by atoms with Crippen LogP contribution in [0.2, 0.25) is 0 Å². The largest absolute Gasteiger partial charge is 0.465 e. The van der Waals surface area contributed by atoms with E-state index in [1.807, 2.05) is 0 Å². The molecule has 0 radical (unpaired) electrons. The summed E-state index contributed by atoms with van der Waals surface area (Å²) in [6.07, 6.45) is 1.96. The molecule has 2 aliphatic heterocycles. The van der Waals surface area contributed by atoms with Crippen molar-refractivity contribution in [1.82, 2.24) is 4.31 Å². The van der Waals surface area contributed by atoms with Crippen LogP contribution in [0.5, 0.6) is 0 Å². The molecule has 2 aliphatic rings. The van der Waals surface area contributed by atoms with E-state index in [4.69, 9.17) is 9.47 Å². The molecule has 0 aromatic heterocycles. The summed E-state index contributed by atoms with van der Waals surface area (Å²) in [7, 11) is -2.39. The van der Waals surface area contributed by atoms with Crippen LogP contribution in [0.3, 0.4) is 0 Å². The summed E-state index contributed by atoms with van der Waals surface area (Å²) < 4.78 is 43.2. The van der Waals surface area contributed by atoms with Crippen molar-refractivity contribution in [3.63, 3.8) is 0 Å². The maximum atomic E-state index is 13.0. The van der Waals surface area contributed by atoms with E-state index in [1.54, 1.807) is 0 Å². The summed E-state index contributed by atoms with van der Waals surface area (Å²) in [5.74, 6) is -0.498. The Kier molecular flexibility index (Phi) is 5.19. The molecule has 0 saturated carbocycles. The number of piperidine rings is 1. The minimum atomic E-state index is -3.68. The fourth-order valence-corrected chi connectivity index (χ4v) is 4.80. The van der Waals surface area contributed by atoms with E-state index >= 15 is 0 Å². The zero-order valence-electron chi connectivity index (χ0n) is 13.5. The molecule has 132 valence electrons. The van der Waals surface area contributed by atoms with Gasteiger partial charge in [0.1, 0.15) is 0 Å². The van der Waals surface area contributed by atoms with Gasteiger partial charge in [-0.15, -0.1) is 0 Å². The van der Waals surface area contributed by atoms with Gasteiger partial charge in [0, 0.05) is 6.54 Å². The van der Waals surface area contributed by atoms with E-state index < -0.39 is 22.3 Å². The van der Waals surface area contributed by atoms with Gasteiger partial charge in [-0.3, -0.25) is 0 Å². The molecule has 2 fully saturated rings. The predicted octanol–water partition coefficient (Wildman–Crippen LogP) is 1.39. The van der Waals surface area contributed by atoms with Crippen LogP contribution in [0.25, 0.3) is 0 Å². The minimum absolute atomic E-state index is 0.153. The highest BCUT2D eigenvalue weighted by Crippen LogP contribution is 2.30. The number of rotatable bonds is 4. The number of ether oxygens (including phenoxy) is 3. The van der Waals surface area contributed by atoms with Gasteiger partial charge in [0.05, 0.1) is 36.8 Å². The summed E-state index contributed by atoms with van der Waals surface area (Å²) in [6, 6.07) is 5.47. The first-order valence-corrected chi connectivity index (χ1v) is 9.41. The van der Waals surface area contributed by atoms with Crippen molar-refractivity contribution in [2.45, 2.75) is 36.5 Å². The standard InChI is InChI=1S/C16H21NO6S/c1-21-15(18)12-5-7-13(8-6-12)24(19,20)17-9-3-2-4-14(17)16-22-10-11-23-16/h5-8,14,16H,2-4,9-11H2,1H3. The average Bonchev–Trinajstić information content (AvgIpc) is 3.15. The van der Waals surface area contributed by atoms with Crippen LogP contribution in [0.15, 0.2) is 29.2 Å². The molecule has 1 aromatic rings. The number of carbonyl (C=O) groups is 1. The normalized spacial score (nSPS) is 23.3. The molecule has 7 nitrogen and oxygen atoms in total. The van der Waals surface area contributed by atoms with Crippen molar-refractivity contribution < 1.29 is 27.4 Å². The van der Waals surface area contributed by atoms with Crippen LogP contribution in [-0.4, -0.2) is 57.9 Å². The molecule has 0 bridgehead atoms. The number of benzene rings is 1. The maximum absolute atomic E-state index is 13.0. The summed E-state index contributed by atoms with van der Waals surface area (Å²) >= 11 is 0. The minimum Gasteiger partial charge on any atom is -0.465 e. The van der Waals surface area contributed by atoms with Gasteiger partial charge in [0.2, 0.25) is 10.0 Å². The quantitative estimate of drug-likeness (QED) is 0.759. The number of sulfonamides is 1. The third-order valence-corrected chi connectivity index (χ3v) is 6.28. The van der Waals surface area contributed by atoms with Crippen molar-refractivity contribution >= 4 is 16.0 Å². The van der Waals surface area contributed by atoms with Crippen LogP contribution in [0.4, 0.5) is 0 Å². The maximum Gasteiger partial charge on any atom is 0.337 e. The number of esters is 1. The highest BCUT2D eigenvalue weighted by atomic mass is 32.2. The molecule has 0 spiro atoms. The molecule has 0 aliphatic carbocycles. The van der Waals surface area contributed by atoms with E-state index in [0.29, 0.717) is 31.7 Å². The Morgan fingerprint density at radius 1 is 1.17 bits per heavy atom. The Morgan fingerprint density at radius 2 is 1.83 bits per heavy atom. The molecule has 0 N–H and O–H groups in total. The third kappa shape index (κ3) is 3.32. The lowest BCUT2D eigenvalue weighted by Gasteiger charge is -2.36. The topological polar surface area (TPSA) is 82.1 Å². The Morgan fingerprint density at radius 3 is 2.46 bits per heavy atom. The molecule has 8 heteroatoms. The van der Waals surface area contributed by atoms with Crippen molar-refractivity contribution in [3.8, 4) is 0 Å². The van der Waals surface area contributed by atoms with E-state index in [9.17, 15) is 13.2 Å². The lowest BCUT2D eigenvalue weighted by molar-refractivity contribution is -0.0913. The molecular formula is C16H21NO6S. The van der Waals surface area contributed by atoms with Crippen molar-refractivity contribution in [2.75, 3.05) is 26.9 Å². The third-order valence-electron chi connectivity index (χ3n) is 4.34. The lowest BCUT2D eigenvalue weighted by atomic mass is 10.0. The SMILES string of the molecule is COC(=O)c1ccc(S(=O)(=O)N2CCCCC2C2OCCO2)cc1. The summed E-state index contributed by atoms with van der Waals surface area (Å²) in [5.41, 5.74) is 0.314. The Labute approximate surface area is 141 Å². The second kappa shape index (κ2) is 7.18. The number of carbonyl (C=O) groups excluding carboxylic acids is 1. The van der Waals surface area contributed by atoms with Gasteiger partial charge in [-0.2, -0.15) is 4.31 Å². The van der Waals surface area contributed by atoms with Gasteiger partial charge in [-0.05, 0) is 37.1 Å². The summed E-state index contributed by atoms with van der Waals surface area (Å²) in [4.78, 5) is 11.6. The molecule has 2 heterocycles. The van der Waals surface area contributed by atoms with Crippen molar-refractivity contribution in [3.05, 3.63) is 29.8 Å². The molecule has 1 atom stereocenters. The zero-order valence-corrected chi connectivity index (χ0v) is 14.3. The first-order valence-electron chi connectivity index (χ1n) is 7.97. The molecule has 0 amide bonds. The van der Waals surface area contributed by atoms with Crippen LogP contribution in [-0.2, 0) is 24.2 Å². The fraction of sp³-hybridized carbons (Fsp3) is 0.562. The van der Waals surface area contributed by atoms with Gasteiger partial charge in [-0.25, -0.2) is 13.2 Å². The molecule has 3 rings (SSSR count). The predicted molar refractivity (Wildman–Crippen MR) is 85.0 cm³/mol. The van der Waals surface area contributed by atoms with E-state index in [1.165, 1.54) is 35.7 Å². The Bertz CT molecular complexity index is 681. The first-order chi connectivity index (χ1) is 11.5. The number of methoxy groups -OCH3 is 1. The Hall–Kier alpha value is -1.48. The van der Waals surface area contributed by atoms with E-state index in [2.05, 4.69) is 4.74 Å². The fourth-order valence-electron chi connectivity index (χ4n) is 3.12. The molecule has 1 unspecified atom stereocenters. The van der Waals surface area contributed by atoms with Crippen LogP contribution >= 0.6 is 0 Å². The smallest absolute Gasteiger partial charge is 0.337 e.